The molecule has 0 unspecified atom stereocenters. The van der Waals surface area contributed by atoms with E-state index < -0.39 is 8.32 Å². The number of nitrogens with two attached hydrogens (primary N) is 1. The number of methoxy groups -OCH3 is 2. The highest BCUT2D eigenvalue weighted by Crippen LogP contribution is 2.36. The topological polar surface area (TPSA) is 53.7 Å². The first kappa shape index (κ1) is 19.0. The van der Waals surface area contributed by atoms with Crippen LogP contribution in [0.5, 0.6) is 11.5 Å². The first-order chi connectivity index (χ1) is 10.1. The Morgan fingerprint density at radius 3 is 1.95 bits per heavy atom. The van der Waals surface area contributed by atoms with E-state index in [1.54, 1.807) is 14.2 Å². The zero-order valence-electron chi connectivity index (χ0n) is 15.0. The second-order valence-corrected chi connectivity index (χ2v) is 12.1. The molecule has 0 aliphatic heterocycles. The molecule has 22 heavy (non-hydrogen) atoms. The molecule has 0 fully saturated rings. The Morgan fingerprint density at radius 1 is 1.05 bits per heavy atom. The van der Waals surface area contributed by atoms with Gasteiger partial charge in [-0.25, -0.2) is 0 Å². The summed E-state index contributed by atoms with van der Waals surface area (Å²) in [4.78, 5) is 0. The molecule has 1 rings (SSSR count). The van der Waals surface area contributed by atoms with E-state index in [0.717, 1.165) is 23.5 Å². The maximum Gasteiger partial charge on any atom is 0.192 e. The monoisotopic (exact) mass is 325 g/mol. The lowest BCUT2D eigenvalue weighted by Gasteiger charge is -2.37. The van der Waals surface area contributed by atoms with Gasteiger partial charge in [0.2, 0.25) is 0 Å². The average Bonchev–Trinajstić information content (AvgIpc) is 2.43. The molecule has 0 aliphatic carbocycles. The van der Waals surface area contributed by atoms with Gasteiger partial charge in [0.15, 0.2) is 8.32 Å². The van der Waals surface area contributed by atoms with Gasteiger partial charge in [0.1, 0.15) is 11.5 Å². The lowest BCUT2D eigenvalue weighted by Crippen LogP contribution is -2.44. The molecule has 0 aromatic heterocycles. The summed E-state index contributed by atoms with van der Waals surface area (Å²) in [7, 11) is 1.55. The summed E-state index contributed by atoms with van der Waals surface area (Å²) < 4.78 is 16.8. The zero-order valence-corrected chi connectivity index (χ0v) is 16.0. The van der Waals surface area contributed by atoms with Crippen molar-refractivity contribution in [3.63, 3.8) is 0 Å². The Bertz CT molecular complexity index is 461. The zero-order chi connectivity index (χ0) is 17.0. The largest absolute Gasteiger partial charge is 0.497 e. The first-order valence-electron chi connectivity index (χ1n) is 7.70. The summed E-state index contributed by atoms with van der Waals surface area (Å²) in [6.45, 7) is 11.8. The fraction of sp³-hybridized carbons (Fsp3) is 0.647. The Labute approximate surface area is 136 Å². The van der Waals surface area contributed by atoms with Crippen LogP contribution in [0.1, 0.15) is 26.3 Å². The van der Waals surface area contributed by atoms with Crippen molar-refractivity contribution in [2.45, 2.75) is 51.4 Å². The molecule has 5 heteroatoms. The fourth-order valence-electron chi connectivity index (χ4n) is 1.88. The van der Waals surface area contributed by atoms with Crippen LogP contribution in [-0.4, -0.2) is 35.2 Å². The van der Waals surface area contributed by atoms with Crippen LogP contribution in [-0.2, 0) is 10.8 Å². The van der Waals surface area contributed by atoms with E-state index in [9.17, 15) is 0 Å². The lowest BCUT2D eigenvalue weighted by molar-refractivity contribution is 0.262. The average molecular weight is 326 g/mol. The van der Waals surface area contributed by atoms with Gasteiger partial charge in [-0.1, -0.05) is 20.8 Å². The SMILES string of the molecule is COc1cc(C[C@H](N)CO[Si](C)(C)C(C)(C)C)cc(OC)c1. The summed E-state index contributed by atoms with van der Waals surface area (Å²) >= 11 is 0. The highest BCUT2D eigenvalue weighted by atomic mass is 28.4. The minimum atomic E-state index is -1.75. The molecule has 0 aliphatic rings. The standard InChI is InChI=1S/C17H31NO3Si/c1-17(2,3)22(6,7)21-12-14(18)8-13-9-15(19-4)11-16(10-13)20-5/h9-11,14H,8,12,18H2,1-7H3/t14-/m0/s1. The predicted molar refractivity (Wildman–Crippen MR) is 94.4 cm³/mol. The molecule has 1 aromatic rings. The van der Waals surface area contributed by atoms with Gasteiger partial charge in [-0.05, 0) is 42.2 Å². The van der Waals surface area contributed by atoms with Crippen molar-refractivity contribution in [3.8, 4) is 11.5 Å². The van der Waals surface area contributed by atoms with Gasteiger partial charge >= 0.3 is 0 Å². The summed E-state index contributed by atoms with van der Waals surface area (Å²) in [5.41, 5.74) is 7.35. The van der Waals surface area contributed by atoms with E-state index in [4.69, 9.17) is 19.6 Å². The maximum atomic E-state index is 6.25. The molecule has 1 atom stereocenters. The van der Waals surface area contributed by atoms with Crippen LogP contribution in [0.25, 0.3) is 0 Å². The maximum absolute atomic E-state index is 6.25. The number of benzene rings is 1. The Morgan fingerprint density at radius 2 is 1.55 bits per heavy atom. The number of ether oxygens (including phenoxy) is 2. The van der Waals surface area contributed by atoms with Crippen LogP contribution in [0.4, 0.5) is 0 Å². The van der Waals surface area contributed by atoms with Crippen molar-refractivity contribution in [3.05, 3.63) is 23.8 Å². The molecule has 0 heterocycles. The van der Waals surface area contributed by atoms with Crippen LogP contribution in [0, 0.1) is 0 Å². The highest BCUT2D eigenvalue weighted by Gasteiger charge is 2.37. The van der Waals surface area contributed by atoms with Gasteiger partial charge < -0.3 is 19.6 Å². The quantitative estimate of drug-likeness (QED) is 0.778. The smallest absolute Gasteiger partial charge is 0.192 e. The van der Waals surface area contributed by atoms with Gasteiger partial charge in [0, 0.05) is 18.7 Å². The van der Waals surface area contributed by atoms with Gasteiger partial charge in [-0.2, -0.15) is 0 Å². The van der Waals surface area contributed by atoms with E-state index in [1.165, 1.54) is 0 Å². The van der Waals surface area contributed by atoms with Crippen LogP contribution < -0.4 is 15.2 Å². The molecule has 0 saturated heterocycles. The third-order valence-electron chi connectivity index (χ3n) is 4.37. The number of hydrogen-bond donors (Lipinski definition) is 1. The third kappa shape index (κ3) is 5.30. The minimum absolute atomic E-state index is 0.0362. The lowest BCUT2D eigenvalue weighted by atomic mass is 10.1. The minimum Gasteiger partial charge on any atom is -0.497 e. The molecule has 0 saturated carbocycles. The Kier molecular flexibility index (Phi) is 6.46. The van der Waals surface area contributed by atoms with E-state index in [0.29, 0.717) is 6.61 Å². The fourth-order valence-corrected chi connectivity index (χ4v) is 2.94. The first-order valence-corrected chi connectivity index (χ1v) is 10.6. The van der Waals surface area contributed by atoms with Gasteiger partial charge in [0.05, 0.1) is 14.2 Å². The van der Waals surface area contributed by atoms with Crippen molar-refractivity contribution < 1.29 is 13.9 Å². The highest BCUT2D eigenvalue weighted by molar-refractivity contribution is 6.74. The molecule has 0 bridgehead atoms. The second-order valence-electron chi connectivity index (χ2n) is 7.26. The molecule has 4 nitrogen and oxygen atoms in total. The van der Waals surface area contributed by atoms with Crippen LogP contribution >= 0.6 is 0 Å². The summed E-state index contributed by atoms with van der Waals surface area (Å²) in [5, 5.41) is 0.200. The molecule has 126 valence electrons. The number of hydrogen-bond acceptors (Lipinski definition) is 4. The summed E-state index contributed by atoms with van der Waals surface area (Å²) in [6, 6.07) is 5.82. The molecule has 0 radical (unpaired) electrons. The predicted octanol–water partition coefficient (Wildman–Crippen LogP) is 3.60. The van der Waals surface area contributed by atoms with E-state index in [-0.39, 0.29) is 11.1 Å². The van der Waals surface area contributed by atoms with Crippen molar-refractivity contribution >= 4 is 8.32 Å². The Balaban J connectivity index is 2.67. The molecule has 0 spiro atoms. The molecule has 1 aromatic carbocycles. The van der Waals surface area contributed by atoms with Crippen LogP contribution in [0.3, 0.4) is 0 Å². The van der Waals surface area contributed by atoms with Gasteiger partial charge in [-0.3, -0.25) is 0 Å². The molecule has 0 amide bonds. The molecule has 2 N–H and O–H groups in total. The summed E-state index contributed by atoms with van der Waals surface area (Å²) in [5.74, 6) is 1.57. The van der Waals surface area contributed by atoms with Crippen molar-refractivity contribution in [1.82, 2.24) is 0 Å². The summed E-state index contributed by atoms with van der Waals surface area (Å²) in [6.07, 6.45) is 0.738. The van der Waals surface area contributed by atoms with Crippen molar-refractivity contribution in [2.75, 3.05) is 20.8 Å². The number of rotatable bonds is 7. The molecular formula is C17H31NO3Si. The van der Waals surface area contributed by atoms with Crippen LogP contribution in [0.2, 0.25) is 18.1 Å². The molecular weight excluding hydrogens is 294 g/mol. The Hall–Kier alpha value is -1.04. The van der Waals surface area contributed by atoms with E-state index in [1.807, 2.05) is 18.2 Å². The normalized spacial score (nSPS) is 13.8. The second kappa shape index (κ2) is 7.48. The van der Waals surface area contributed by atoms with Crippen LogP contribution in [0.15, 0.2) is 18.2 Å². The van der Waals surface area contributed by atoms with Gasteiger partial charge in [-0.15, -0.1) is 0 Å². The third-order valence-corrected chi connectivity index (χ3v) is 8.87. The van der Waals surface area contributed by atoms with Crippen molar-refractivity contribution in [2.24, 2.45) is 5.73 Å². The van der Waals surface area contributed by atoms with E-state index in [2.05, 4.69) is 33.9 Å². The van der Waals surface area contributed by atoms with E-state index >= 15 is 0 Å². The van der Waals surface area contributed by atoms with Crippen molar-refractivity contribution in [1.29, 1.82) is 0 Å². The van der Waals surface area contributed by atoms with Gasteiger partial charge in [0.25, 0.3) is 0 Å².